The van der Waals surface area contributed by atoms with Gasteiger partial charge in [0.1, 0.15) is 11.6 Å². The molecule has 3 rings (SSSR count). The number of hydrazine groups is 1. The van der Waals surface area contributed by atoms with Crippen LogP contribution in [0.4, 0.5) is 5.82 Å². The molecular weight excluding hydrogens is 382 g/mol. The summed E-state index contributed by atoms with van der Waals surface area (Å²) in [6.45, 7) is 0. The summed E-state index contributed by atoms with van der Waals surface area (Å²) in [7, 11) is 0. The van der Waals surface area contributed by atoms with Gasteiger partial charge in [-0.25, -0.2) is 4.98 Å². The summed E-state index contributed by atoms with van der Waals surface area (Å²) >= 11 is 9.08. The fourth-order valence-corrected chi connectivity index (χ4v) is 2.87. The van der Waals surface area contributed by atoms with E-state index in [-0.39, 0.29) is 16.3 Å². The zero-order chi connectivity index (χ0) is 16.4. The number of halogens is 2. The maximum Gasteiger partial charge on any atom is 0.273 e. The molecular formula is C16H11BrClN3O2. The zero-order valence-corrected chi connectivity index (χ0v) is 14.0. The van der Waals surface area contributed by atoms with E-state index in [0.29, 0.717) is 10.3 Å². The van der Waals surface area contributed by atoms with Crippen molar-refractivity contribution in [1.82, 2.24) is 10.4 Å². The predicted octanol–water partition coefficient (Wildman–Crippen LogP) is 4.11. The topological polar surface area (TPSA) is 74.2 Å². The van der Waals surface area contributed by atoms with Crippen LogP contribution in [0.1, 0.15) is 10.4 Å². The predicted molar refractivity (Wildman–Crippen MR) is 93.6 cm³/mol. The second-order valence-electron chi connectivity index (χ2n) is 4.75. The first-order valence-electron chi connectivity index (χ1n) is 6.65. The average Bonchev–Trinajstić information content (AvgIpc) is 2.55. The third-order valence-corrected chi connectivity index (χ3v) is 3.92. The molecule has 1 heterocycles. The molecule has 0 aliphatic heterocycles. The maximum absolute atomic E-state index is 12.2. The number of hydrogen-bond acceptors (Lipinski definition) is 4. The fourth-order valence-electron chi connectivity index (χ4n) is 2.06. The van der Waals surface area contributed by atoms with Crippen molar-refractivity contribution >= 4 is 50.2 Å². The molecule has 0 saturated carbocycles. The first-order valence-corrected chi connectivity index (χ1v) is 7.82. The van der Waals surface area contributed by atoms with Gasteiger partial charge in [0.25, 0.3) is 5.91 Å². The molecule has 5 nitrogen and oxygen atoms in total. The highest BCUT2D eigenvalue weighted by atomic mass is 79.9. The summed E-state index contributed by atoms with van der Waals surface area (Å²) in [4.78, 5) is 16.5. The van der Waals surface area contributed by atoms with Crippen LogP contribution in [0.25, 0.3) is 10.9 Å². The summed E-state index contributed by atoms with van der Waals surface area (Å²) in [6.07, 6.45) is 0. The summed E-state index contributed by atoms with van der Waals surface area (Å²) in [5, 5.41) is 11.0. The van der Waals surface area contributed by atoms with Gasteiger partial charge in [-0.2, -0.15) is 0 Å². The molecule has 1 aromatic heterocycles. The number of rotatable bonds is 3. The number of aromatic nitrogens is 1. The van der Waals surface area contributed by atoms with Crippen LogP contribution >= 0.6 is 27.5 Å². The fraction of sp³-hybridized carbons (Fsp3) is 0. The van der Waals surface area contributed by atoms with E-state index in [9.17, 15) is 9.90 Å². The molecule has 2 aromatic carbocycles. The molecule has 1 amide bonds. The van der Waals surface area contributed by atoms with E-state index < -0.39 is 5.91 Å². The molecule has 0 unspecified atom stereocenters. The highest BCUT2D eigenvalue weighted by molar-refractivity contribution is 9.10. The molecule has 7 heteroatoms. The summed E-state index contributed by atoms with van der Waals surface area (Å²) < 4.78 is 0.592. The Labute approximate surface area is 145 Å². The van der Waals surface area contributed by atoms with E-state index >= 15 is 0 Å². The minimum absolute atomic E-state index is 0.0534. The van der Waals surface area contributed by atoms with E-state index in [0.717, 1.165) is 10.9 Å². The van der Waals surface area contributed by atoms with E-state index in [1.165, 1.54) is 12.1 Å². The van der Waals surface area contributed by atoms with Crippen molar-refractivity contribution < 1.29 is 9.90 Å². The average molecular weight is 393 g/mol. The lowest BCUT2D eigenvalue weighted by Gasteiger charge is -2.10. The number of aromatic hydroxyl groups is 1. The number of phenolic OH excluding ortho intramolecular Hbond substituents is 1. The smallest absolute Gasteiger partial charge is 0.273 e. The summed E-state index contributed by atoms with van der Waals surface area (Å²) in [5.41, 5.74) is 6.06. The van der Waals surface area contributed by atoms with Crippen LogP contribution in [0.5, 0.6) is 5.75 Å². The largest absolute Gasteiger partial charge is 0.506 e. The minimum Gasteiger partial charge on any atom is -0.506 e. The molecule has 3 aromatic rings. The lowest BCUT2D eigenvalue weighted by Crippen LogP contribution is -2.29. The van der Waals surface area contributed by atoms with Crippen LogP contribution in [-0.2, 0) is 0 Å². The van der Waals surface area contributed by atoms with Gasteiger partial charge in [0, 0.05) is 9.86 Å². The number of nitrogens with one attached hydrogen (secondary N) is 2. The van der Waals surface area contributed by atoms with Crippen molar-refractivity contribution in [3.8, 4) is 5.75 Å². The van der Waals surface area contributed by atoms with Crippen LogP contribution in [0.15, 0.2) is 53.0 Å². The molecule has 0 bridgehead atoms. The Hall–Kier alpha value is -2.31. The Bertz CT molecular complexity index is 902. The molecule has 116 valence electrons. The monoisotopic (exact) mass is 391 g/mol. The van der Waals surface area contributed by atoms with E-state index in [1.807, 2.05) is 30.3 Å². The number of carbonyl (C=O) groups is 1. The molecule has 23 heavy (non-hydrogen) atoms. The SMILES string of the molecule is O=C(NNc1ccc2ccccc2n1)c1cc(Br)cc(Cl)c1O. The number of pyridine rings is 1. The van der Waals surface area contributed by atoms with Crippen molar-refractivity contribution in [3.63, 3.8) is 0 Å². The number of carbonyl (C=O) groups excluding carboxylic acids is 1. The summed E-state index contributed by atoms with van der Waals surface area (Å²) in [6, 6.07) is 14.3. The third kappa shape index (κ3) is 3.38. The van der Waals surface area contributed by atoms with Crippen molar-refractivity contribution in [1.29, 1.82) is 0 Å². The van der Waals surface area contributed by atoms with E-state index in [2.05, 4.69) is 31.8 Å². The highest BCUT2D eigenvalue weighted by Gasteiger charge is 2.15. The van der Waals surface area contributed by atoms with Crippen LogP contribution in [-0.4, -0.2) is 16.0 Å². The van der Waals surface area contributed by atoms with Crippen LogP contribution in [0.2, 0.25) is 5.02 Å². The highest BCUT2D eigenvalue weighted by Crippen LogP contribution is 2.31. The van der Waals surface area contributed by atoms with Gasteiger partial charge in [0.05, 0.1) is 16.1 Å². The van der Waals surface area contributed by atoms with Gasteiger partial charge in [0.2, 0.25) is 0 Å². The van der Waals surface area contributed by atoms with Crippen LogP contribution in [0, 0.1) is 0 Å². The van der Waals surface area contributed by atoms with Gasteiger partial charge < -0.3 is 5.11 Å². The van der Waals surface area contributed by atoms with Crippen LogP contribution in [0.3, 0.4) is 0 Å². The summed E-state index contributed by atoms with van der Waals surface area (Å²) in [5.74, 6) is -0.320. The molecule has 3 N–H and O–H groups in total. The number of nitrogens with zero attached hydrogens (tertiary/aromatic N) is 1. The number of amides is 1. The molecule has 0 atom stereocenters. The Morgan fingerprint density at radius 1 is 1.17 bits per heavy atom. The van der Waals surface area contributed by atoms with Crippen LogP contribution < -0.4 is 10.9 Å². The molecule has 0 spiro atoms. The number of anilines is 1. The number of para-hydroxylation sites is 1. The van der Waals surface area contributed by atoms with Gasteiger partial charge in [0.15, 0.2) is 0 Å². The molecule has 0 aliphatic rings. The second kappa shape index (κ2) is 6.44. The third-order valence-electron chi connectivity index (χ3n) is 3.18. The second-order valence-corrected chi connectivity index (χ2v) is 6.07. The molecule has 0 radical (unpaired) electrons. The Morgan fingerprint density at radius 2 is 1.96 bits per heavy atom. The zero-order valence-electron chi connectivity index (χ0n) is 11.7. The normalized spacial score (nSPS) is 10.5. The number of hydrogen-bond donors (Lipinski definition) is 3. The quantitative estimate of drug-likeness (QED) is 0.586. The van der Waals surface area contributed by atoms with E-state index in [1.54, 1.807) is 6.07 Å². The van der Waals surface area contributed by atoms with Crippen molar-refractivity contribution in [2.45, 2.75) is 0 Å². The first-order chi connectivity index (χ1) is 11.0. The van der Waals surface area contributed by atoms with Crippen molar-refractivity contribution in [3.05, 3.63) is 63.6 Å². The Morgan fingerprint density at radius 3 is 2.78 bits per heavy atom. The lowest BCUT2D eigenvalue weighted by molar-refractivity contribution is 0.0960. The van der Waals surface area contributed by atoms with Gasteiger partial charge in [-0.3, -0.25) is 15.6 Å². The standard InChI is InChI=1S/C16H11BrClN3O2/c17-10-7-11(15(22)12(18)8-10)16(23)21-20-14-6-5-9-3-1-2-4-13(9)19-14/h1-8,22H,(H,19,20)(H,21,23). The maximum atomic E-state index is 12.2. The van der Waals surface area contributed by atoms with Gasteiger partial charge in [-0.1, -0.05) is 45.7 Å². The number of benzene rings is 2. The Balaban J connectivity index is 1.78. The van der Waals surface area contributed by atoms with E-state index in [4.69, 9.17) is 11.6 Å². The lowest BCUT2D eigenvalue weighted by atomic mass is 10.2. The Kier molecular flexibility index (Phi) is 4.36. The molecule has 0 saturated heterocycles. The van der Waals surface area contributed by atoms with Gasteiger partial charge >= 0.3 is 0 Å². The number of phenols is 1. The van der Waals surface area contributed by atoms with Gasteiger partial charge in [-0.05, 0) is 30.3 Å². The molecule has 0 aliphatic carbocycles. The molecule has 0 fully saturated rings. The van der Waals surface area contributed by atoms with Crippen molar-refractivity contribution in [2.24, 2.45) is 0 Å². The van der Waals surface area contributed by atoms with Crippen molar-refractivity contribution in [2.75, 3.05) is 5.43 Å². The number of fused-ring (bicyclic) bond motifs is 1. The minimum atomic E-state index is -0.527. The first kappa shape index (κ1) is 15.6. The van der Waals surface area contributed by atoms with Gasteiger partial charge in [-0.15, -0.1) is 0 Å².